The molecule has 9 nitrogen and oxygen atoms in total. The number of aliphatic hydroxyl groups is 1. The summed E-state index contributed by atoms with van der Waals surface area (Å²) in [6.45, 7) is 6.21. The zero-order chi connectivity index (χ0) is 25.7. The van der Waals surface area contributed by atoms with Crippen LogP contribution < -0.4 is 15.3 Å². The molecule has 0 radical (unpaired) electrons. The minimum Gasteiger partial charge on any atom is -0.507 e. The van der Waals surface area contributed by atoms with Crippen LogP contribution in [-0.4, -0.2) is 69.5 Å². The Morgan fingerprint density at radius 2 is 2.14 bits per heavy atom. The number of carbonyl (C=O) groups is 1. The van der Waals surface area contributed by atoms with Crippen LogP contribution in [-0.2, 0) is 4.79 Å². The highest BCUT2D eigenvalue weighted by molar-refractivity contribution is 6.35. The maximum atomic E-state index is 14.9. The van der Waals surface area contributed by atoms with Gasteiger partial charge in [0.2, 0.25) is 5.91 Å². The molecule has 3 heterocycles. The number of aliphatic hydroxyl groups excluding tert-OH is 1. The number of aromatic nitrogens is 2. The van der Waals surface area contributed by atoms with E-state index in [4.69, 9.17) is 16.3 Å². The third kappa shape index (κ3) is 3.68. The Morgan fingerprint density at radius 1 is 1.36 bits per heavy atom. The molecular formula is C25H24ClFN4O5. The number of anilines is 1. The topological polar surface area (TPSA) is 108 Å². The second-order valence-corrected chi connectivity index (χ2v) is 9.27. The largest absolute Gasteiger partial charge is 0.507 e. The van der Waals surface area contributed by atoms with Crippen LogP contribution in [0.4, 0.5) is 10.2 Å². The van der Waals surface area contributed by atoms with Crippen molar-refractivity contribution >= 4 is 34.2 Å². The number of aromatic hydroxyl groups is 1. The molecule has 2 aromatic carbocycles. The standard InChI is InChI=1S/C25H24ClFN4O5/c1-3-19(34)29-7-8-30(13(2)10-29)24-15-9-16(26)20(21-17(27)5-4-6-18(21)33)23-22(15)31(25(35)28-24)14(11-32)12-36-23/h3-6,9,13-14,32-33H,1,7-8,10-12H2,2H3/t13-,14+/m0/s1. The van der Waals surface area contributed by atoms with E-state index in [-0.39, 0.29) is 52.8 Å². The molecule has 0 bridgehead atoms. The highest BCUT2D eigenvalue weighted by Crippen LogP contribution is 2.49. The Kier molecular flexibility index (Phi) is 6.09. The number of piperazine rings is 1. The van der Waals surface area contributed by atoms with E-state index in [1.165, 1.54) is 28.8 Å². The number of ether oxygens (including phenoxy) is 1. The first kappa shape index (κ1) is 24.1. The zero-order valence-corrected chi connectivity index (χ0v) is 20.2. The van der Waals surface area contributed by atoms with Gasteiger partial charge in [0.25, 0.3) is 0 Å². The van der Waals surface area contributed by atoms with Gasteiger partial charge in [-0.05, 0) is 31.2 Å². The van der Waals surface area contributed by atoms with Gasteiger partial charge in [0, 0.05) is 31.1 Å². The number of carbonyl (C=O) groups excluding carboxylic acids is 1. The predicted octanol–water partition coefficient (Wildman–Crippen LogP) is 2.71. The van der Waals surface area contributed by atoms with Crippen LogP contribution in [0.3, 0.4) is 0 Å². The van der Waals surface area contributed by atoms with Crippen LogP contribution in [0.1, 0.15) is 13.0 Å². The maximum absolute atomic E-state index is 14.9. The quantitative estimate of drug-likeness (QED) is 0.515. The Balaban J connectivity index is 1.77. The number of phenolic OH excluding ortho intramolecular Hbond substituents is 1. The van der Waals surface area contributed by atoms with Crippen LogP contribution in [0.2, 0.25) is 5.02 Å². The van der Waals surface area contributed by atoms with Crippen LogP contribution in [0.5, 0.6) is 11.5 Å². The summed E-state index contributed by atoms with van der Waals surface area (Å²) in [5.41, 5.74) is -0.349. The van der Waals surface area contributed by atoms with Crippen molar-refractivity contribution in [3.63, 3.8) is 0 Å². The van der Waals surface area contributed by atoms with Crippen molar-refractivity contribution in [3.8, 4) is 22.6 Å². The molecule has 2 atom stereocenters. The first-order valence-corrected chi connectivity index (χ1v) is 11.8. The van der Waals surface area contributed by atoms with Gasteiger partial charge in [-0.1, -0.05) is 24.2 Å². The molecule has 2 aliphatic heterocycles. The highest BCUT2D eigenvalue weighted by Gasteiger charge is 2.34. The number of halogens is 2. The van der Waals surface area contributed by atoms with Gasteiger partial charge in [0.05, 0.1) is 34.3 Å². The number of phenols is 1. The van der Waals surface area contributed by atoms with Gasteiger partial charge in [0.1, 0.15) is 24.0 Å². The number of amides is 1. The molecule has 0 aliphatic carbocycles. The highest BCUT2D eigenvalue weighted by atomic mass is 35.5. The molecule has 36 heavy (non-hydrogen) atoms. The summed E-state index contributed by atoms with van der Waals surface area (Å²) in [6, 6.07) is 4.56. The fourth-order valence-electron chi connectivity index (χ4n) is 5.01. The molecule has 0 saturated carbocycles. The van der Waals surface area contributed by atoms with Gasteiger partial charge in [-0.2, -0.15) is 4.98 Å². The number of nitrogens with zero attached hydrogens (tertiary/aromatic N) is 4. The lowest BCUT2D eigenvalue weighted by Crippen LogP contribution is -2.54. The molecular weight excluding hydrogens is 491 g/mol. The molecule has 11 heteroatoms. The van der Waals surface area contributed by atoms with E-state index in [0.717, 1.165) is 0 Å². The first-order valence-electron chi connectivity index (χ1n) is 11.4. The summed E-state index contributed by atoms with van der Waals surface area (Å²) in [4.78, 5) is 33.3. The Bertz CT molecular complexity index is 1440. The van der Waals surface area contributed by atoms with E-state index in [2.05, 4.69) is 11.6 Å². The molecule has 1 fully saturated rings. The molecule has 1 aromatic heterocycles. The summed E-state index contributed by atoms with van der Waals surface area (Å²) in [5, 5.41) is 21.0. The number of hydrogen-bond donors (Lipinski definition) is 2. The third-order valence-corrected chi connectivity index (χ3v) is 7.02. The van der Waals surface area contributed by atoms with E-state index in [1.807, 2.05) is 11.8 Å². The summed E-state index contributed by atoms with van der Waals surface area (Å²) in [6.07, 6.45) is 1.27. The SMILES string of the molecule is C=CC(=O)N1CCN(c2nc(=O)n3c4c(c(-c5c(O)cccc5F)c(Cl)cc24)OC[C@H]3CO)[C@@H](C)C1. The molecule has 1 amide bonds. The molecule has 0 spiro atoms. The van der Waals surface area contributed by atoms with Crippen molar-refractivity contribution in [2.75, 3.05) is 37.7 Å². The lowest BCUT2D eigenvalue weighted by atomic mass is 9.98. The van der Waals surface area contributed by atoms with E-state index in [0.29, 0.717) is 36.4 Å². The minimum atomic E-state index is -0.711. The van der Waals surface area contributed by atoms with Crippen molar-refractivity contribution < 1.29 is 24.1 Å². The van der Waals surface area contributed by atoms with Gasteiger partial charge < -0.3 is 24.7 Å². The summed E-state index contributed by atoms with van der Waals surface area (Å²) in [7, 11) is 0. The average molecular weight is 515 g/mol. The molecule has 0 unspecified atom stereocenters. The summed E-state index contributed by atoms with van der Waals surface area (Å²) < 4.78 is 22.2. The van der Waals surface area contributed by atoms with Crippen LogP contribution in [0, 0.1) is 5.82 Å². The van der Waals surface area contributed by atoms with Gasteiger partial charge >= 0.3 is 5.69 Å². The van der Waals surface area contributed by atoms with Gasteiger partial charge in [-0.3, -0.25) is 9.36 Å². The third-order valence-electron chi connectivity index (χ3n) is 6.72. The fourth-order valence-corrected chi connectivity index (χ4v) is 5.30. The van der Waals surface area contributed by atoms with Crippen LogP contribution >= 0.6 is 11.6 Å². The van der Waals surface area contributed by atoms with E-state index in [1.54, 1.807) is 11.0 Å². The first-order chi connectivity index (χ1) is 17.3. The summed E-state index contributed by atoms with van der Waals surface area (Å²) in [5.74, 6) is -0.751. The van der Waals surface area contributed by atoms with Gasteiger partial charge in [-0.15, -0.1) is 0 Å². The molecule has 5 rings (SSSR count). The van der Waals surface area contributed by atoms with Crippen molar-refractivity contribution in [2.24, 2.45) is 0 Å². The van der Waals surface area contributed by atoms with Crippen molar-refractivity contribution in [2.45, 2.75) is 19.0 Å². The van der Waals surface area contributed by atoms with Gasteiger partial charge in [0.15, 0.2) is 5.75 Å². The van der Waals surface area contributed by atoms with Crippen LogP contribution in [0.15, 0.2) is 41.7 Å². The van der Waals surface area contributed by atoms with Crippen molar-refractivity contribution in [3.05, 3.63) is 58.2 Å². The van der Waals surface area contributed by atoms with E-state index < -0.39 is 17.5 Å². The minimum absolute atomic E-state index is 0.0686. The molecule has 2 aliphatic rings. The molecule has 2 N–H and O–H groups in total. The second-order valence-electron chi connectivity index (χ2n) is 8.86. The molecule has 188 valence electrons. The predicted molar refractivity (Wildman–Crippen MR) is 133 cm³/mol. The lowest BCUT2D eigenvalue weighted by molar-refractivity contribution is -0.126. The maximum Gasteiger partial charge on any atom is 0.350 e. The average Bonchev–Trinajstić information content (AvgIpc) is 2.86. The Morgan fingerprint density at radius 3 is 2.81 bits per heavy atom. The monoisotopic (exact) mass is 514 g/mol. The zero-order valence-electron chi connectivity index (χ0n) is 19.4. The number of hydrogen-bond acceptors (Lipinski definition) is 7. The Hall–Kier alpha value is -3.63. The number of rotatable bonds is 4. The van der Waals surface area contributed by atoms with Crippen LogP contribution in [0.25, 0.3) is 22.0 Å². The fraction of sp³-hybridized carbons (Fsp3) is 0.320. The molecule has 1 saturated heterocycles. The normalized spacial score (nSPS) is 19.3. The second kappa shape index (κ2) is 9.11. The lowest BCUT2D eigenvalue weighted by Gasteiger charge is -2.41. The van der Waals surface area contributed by atoms with E-state index >= 15 is 0 Å². The summed E-state index contributed by atoms with van der Waals surface area (Å²) >= 11 is 6.68. The Labute approximate surface area is 210 Å². The number of benzene rings is 2. The van der Waals surface area contributed by atoms with Gasteiger partial charge in [-0.25, -0.2) is 9.18 Å². The smallest absolute Gasteiger partial charge is 0.350 e. The molecule has 3 aromatic rings. The van der Waals surface area contributed by atoms with E-state index in [9.17, 15) is 24.2 Å². The van der Waals surface area contributed by atoms with Crippen molar-refractivity contribution in [1.82, 2.24) is 14.5 Å². The van der Waals surface area contributed by atoms with Crippen molar-refractivity contribution in [1.29, 1.82) is 0 Å².